The Balaban J connectivity index is 2.53. The minimum Gasteiger partial charge on any atom is -0.496 e. The molecule has 2 heteroatoms. The maximum atomic E-state index is 5.29. The van der Waals surface area contributed by atoms with Crippen molar-refractivity contribution in [3.8, 4) is 0 Å². The van der Waals surface area contributed by atoms with Crippen molar-refractivity contribution < 1.29 is 4.74 Å². The predicted molar refractivity (Wildman–Crippen MR) is 56.4 cm³/mol. The van der Waals surface area contributed by atoms with Crippen LogP contribution in [-0.2, 0) is 4.74 Å². The molecular weight excluding hydrogens is 180 g/mol. The summed E-state index contributed by atoms with van der Waals surface area (Å²) in [5, 5.41) is 2.06. The molecule has 0 spiro atoms. The van der Waals surface area contributed by atoms with Crippen LogP contribution in [0.4, 0.5) is 0 Å². The minimum atomic E-state index is 0.928. The van der Waals surface area contributed by atoms with E-state index in [0.29, 0.717) is 0 Å². The van der Waals surface area contributed by atoms with E-state index in [0.717, 1.165) is 5.76 Å². The summed E-state index contributed by atoms with van der Waals surface area (Å²) in [6, 6.07) is 8.24. The molecule has 2 rings (SSSR count). The van der Waals surface area contributed by atoms with E-state index in [9.17, 15) is 0 Å². The molecule has 66 valence electrons. The Bertz CT molecular complexity index is 366. The van der Waals surface area contributed by atoms with Crippen LogP contribution in [0.25, 0.3) is 5.76 Å². The first-order valence-electron chi connectivity index (χ1n) is 4.08. The molecule has 1 nitrogen and oxygen atoms in total. The molecule has 0 unspecified atom stereocenters. The van der Waals surface area contributed by atoms with Gasteiger partial charge in [-0.2, -0.15) is 0 Å². The molecule has 13 heavy (non-hydrogen) atoms. The van der Waals surface area contributed by atoms with Crippen LogP contribution in [0, 0.1) is 0 Å². The van der Waals surface area contributed by atoms with Crippen molar-refractivity contribution in [2.45, 2.75) is 4.90 Å². The van der Waals surface area contributed by atoms with E-state index in [4.69, 9.17) is 4.74 Å². The number of methoxy groups -OCH3 is 1. The van der Waals surface area contributed by atoms with E-state index in [1.165, 1.54) is 10.5 Å². The quantitative estimate of drug-likeness (QED) is 0.672. The largest absolute Gasteiger partial charge is 0.496 e. The minimum absolute atomic E-state index is 0.928. The van der Waals surface area contributed by atoms with Gasteiger partial charge in [-0.15, -0.1) is 0 Å². The standard InChI is InChI=1S/C11H10OS/c1-12-10-6-4-8-13-11-7-3-2-5-9(10)11/h2-8H,1H3. The van der Waals surface area contributed by atoms with Gasteiger partial charge in [-0.1, -0.05) is 36.0 Å². The highest BCUT2D eigenvalue weighted by Gasteiger charge is 2.08. The number of benzene rings is 1. The average molecular weight is 190 g/mol. The molecule has 1 heterocycles. The third-order valence-electron chi connectivity index (χ3n) is 1.89. The number of hydrogen-bond donors (Lipinski definition) is 0. The van der Waals surface area contributed by atoms with E-state index in [1.807, 2.05) is 24.3 Å². The highest BCUT2D eigenvalue weighted by atomic mass is 32.2. The molecule has 0 radical (unpaired) electrons. The first-order valence-corrected chi connectivity index (χ1v) is 4.96. The van der Waals surface area contributed by atoms with Crippen LogP contribution in [0.2, 0.25) is 0 Å². The fourth-order valence-electron chi connectivity index (χ4n) is 1.28. The lowest BCUT2D eigenvalue weighted by molar-refractivity contribution is 0.369. The topological polar surface area (TPSA) is 9.23 Å². The Morgan fingerprint density at radius 2 is 2.08 bits per heavy atom. The molecule has 1 aromatic rings. The fraction of sp³-hybridized carbons (Fsp3) is 0.0909. The van der Waals surface area contributed by atoms with Gasteiger partial charge in [0, 0.05) is 10.5 Å². The highest BCUT2D eigenvalue weighted by Crippen LogP contribution is 2.31. The maximum Gasteiger partial charge on any atom is 0.127 e. The number of rotatable bonds is 1. The van der Waals surface area contributed by atoms with E-state index in [2.05, 4.69) is 17.5 Å². The average Bonchev–Trinajstić information content (AvgIpc) is 2.39. The van der Waals surface area contributed by atoms with Crippen molar-refractivity contribution in [1.82, 2.24) is 0 Å². The number of allylic oxidation sites excluding steroid dienone is 2. The number of thioether (sulfide) groups is 1. The molecule has 0 aliphatic carbocycles. The van der Waals surface area contributed by atoms with Gasteiger partial charge in [-0.3, -0.25) is 0 Å². The molecule has 0 N–H and O–H groups in total. The lowest BCUT2D eigenvalue weighted by atomic mass is 10.2. The van der Waals surface area contributed by atoms with E-state index >= 15 is 0 Å². The first kappa shape index (κ1) is 8.45. The summed E-state index contributed by atoms with van der Waals surface area (Å²) >= 11 is 1.72. The van der Waals surface area contributed by atoms with Crippen LogP contribution in [0.1, 0.15) is 5.56 Å². The first-order chi connectivity index (χ1) is 6.42. The molecule has 1 aliphatic rings. The third kappa shape index (κ3) is 1.63. The van der Waals surface area contributed by atoms with Gasteiger partial charge in [0.1, 0.15) is 5.76 Å². The van der Waals surface area contributed by atoms with Crippen LogP contribution in [-0.4, -0.2) is 7.11 Å². The molecule has 1 aromatic carbocycles. The Labute approximate surface area is 82.1 Å². The van der Waals surface area contributed by atoms with Crippen LogP contribution in [0.3, 0.4) is 0 Å². The van der Waals surface area contributed by atoms with Gasteiger partial charge < -0.3 is 4.74 Å². The van der Waals surface area contributed by atoms with Crippen LogP contribution >= 0.6 is 11.8 Å². The monoisotopic (exact) mass is 190 g/mol. The fourth-order valence-corrected chi connectivity index (χ4v) is 2.04. The van der Waals surface area contributed by atoms with E-state index < -0.39 is 0 Å². The van der Waals surface area contributed by atoms with E-state index in [-0.39, 0.29) is 0 Å². The smallest absolute Gasteiger partial charge is 0.127 e. The number of ether oxygens (including phenoxy) is 1. The molecule has 0 saturated carbocycles. The lowest BCUT2D eigenvalue weighted by Crippen LogP contribution is -1.87. The zero-order chi connectivity index (χ0) is 9.10. The number of hydrogen-bond acceptors (Lipinski definition) is 2. The Morgan fingerprint density at radius 3 is 2.92 bits per heavy atom. The SMILES string of the molecule is COC1=CC=CSc2ccccc21. The Kier molecular flexibility index (Phi) is 2.41. The lowest BCUT2D eigenvalue weighted by Gasteiger charge is -2.07. The second kappa shape index (κ2) is 3.71. The van der Waals surface area contributed by atoms with Crippen molar-refractivity contribution in [2.75, 3.05) is 7.11 Å². The van der Waals surface area contributed by atoms with Crippen molar-refractivity contribution in [2.24, 2.45) is 0 Å². The molecule has 1 aliphatic heterocycles. The van der Waals surface area contributed by atoms with Gasteiger partial charge in [0.25, 0.3) is 0 Å². The van der Waals surface area contributed by atoms with Crippen LogP contribution < -0.4 is 0 Å². The van der Waals surface area contributed by atoms with Crippen molar-refractivity contribution in [3.63, 3.8) is 0 Å². The van der Waals surface area contributed by atoms with Crippen molar-refractivity contribution >= 4 is 17.5 Å². The van der Waals surface area contributed by atoms with Gasteiger partial charge in [-0.25, -0.2) is 0 Å². The second-order valence-electron chi connectivity index (χ2n) is 2.68. The summed E-state index contributed by atoms with van der Waals surface area (Å²) in [7, 11) is 1.70. The van der Waals surface area contributed by atoms with E-state index in [1.54, 1.807) is 18.9 Å². The molecule has 0 bridgehead atoms. The third-order valence-corrected chi connectivity index (χ3v) is 2.80. The predicted octanol–water partition coefficient (Wildman–Crippen LogP) is 3.29. The molecule has 0 fully saturated rings. The highest BCUT2D eigenvalue weighted by molar-refractivity contribution is 8.02. The molecule has 0 amide bonds. The van der Waals surface area contributed by atoms with Crippen LogP contribution in [0.5, 0.6) is 0 Å². The molecule has 0 atom stereocenters. The van der Waals surface area contributed by atoms with Gasteiger partial charge in [-0.05, 0) is 17.6 Å². The molecular formula is C11H10OS. The van der Waals surface area contributed by atoms with Crippen molar-refractivity contribution in [3.05, 3.63) is 47.4 Å². The van der Waals surface area contributed by atoms with Gasteiger partial charge >= 0.3 is 0 Å². The second-order valence-corrected chi connectivity index (χ2v) is 3.63. The summed E-state index contributed by atoms with van der Waals surface area (Å²) in [6.45, 7) is 0. The Morgan fingerprint density at radius 1 is 1.23 bits per heavy atom. The van der Waals surface area contributed by atoms with Crippen LogP contribution in [0.15, 0.2) is 46.7 Å². The van der Waals surface area contributed by atoms with Gasteiger partial charge in [0.05, 0.1) is 7.11 Å². The summed E-state index contributed by atoms with van der Waals surface area (Å²) in [5.74, 6) is 0.928. The summed E-state index contributed by atoms with van der Waals surface area (Å²) in [6.07, 6.45) is 3.99. The molecule has 0 aromatic heterocycles. The zero-order valence-electron chi connectivity index (χ0n) is 7.36. The number of fused-ring (bicyclic) bond motifs is 1. The van der Waals surface area contributed by atoms with Gasteiger partial charge in [0.2, 0.25) is 0 Å². The summed E-state index contributed by atoms with van der Waals surface area (Å²) < 4.78 is 5.29. The molecule has 0 saturated heterocycles. The zero-order valence-corrected chi connectivity index (χ0v) is 8.17. The summed E-state index contributed by atoms with van der Waals surface area (Å²) in [5.41, 5.74) is 1.17. The van der Waals surface area contributed by atoms with Gasteiger partial charge in [0.15, 0.2) is 0 Å². The summed E-state index contributed by atoms with van der Waals surface area (Å²) in [4.78, 5) is 1.24. The Hall–Kier alpha value is -1.15. The van der Waals surface area contributed by atoms with Crippen molar-refractivity contribution in [1.29, 1.82) is 0 Å². The maximum absolute atomic E-state index is 5.29. The normalized spacial score (nSPS) is 14.4.